The largest absolute Gasteiger partial charge is 0.403 e. The fourth-order valence-corrected chi connectivity index (χ4v) is 1.39. The van der Waals surface area contributed by atoms with E-state index in [1.807, 2.05) is 0 Å². The lowest BCUT2D eigenvalue weighted by molar-refractivity contribution is -0.269. The predicted octanol–water partition coefficient (Wildman–Crippen LogP) is 5.60. The van der Waals surface area contributed by atoms with E-state index in [1.54, 1.807) is 0 Å². The summed E-state index contributed by atoms with van der Waals surface area (Å²) in [4.78, 5) is 0. The van der Waals surface area contributed by atoms with E-state index in [4.69, 9.17) is 0 Å². The molecular formula is C12H10F12O. The molecule has 0 atom stereocenters. The number of hydrogen-bond donors (Lipinski definition) is 0. The van der Waals surface area contributed by atoms with E-state index in [9.17, 15) is 52.7 Å². The van der Waals surface area contributed by atoms with Crippen LogP contribution in [-0.2, 0) is 4.74 Å². The maximum Gasteiger partial charge on any atom is 0.403 e. The molecule has 0 saturated carbocycles. The number of halogens is 12. The normalized spacial score (nSPS) is 15.3. The Labute approximate surface area is 132 Å². The zero-order valence-corrected chi connectivity index (χ0v) is 11.8. The average molecular weight is 398 g/mol. The minimum absolute atomic E-state index is 0.266. The molecule has 0 fully saturated rings. The van der Waals surface area contributed by atoms with E-state index in [1.165, 1.54) is 0 Å². The molecule has 0 spiro atoms. The van der Waals surface area contributed by atoms with Crippen LogP contribution in [0.15, 0.2) is 24.3 Å². The fraction of sp³-hybridized carbons (Fsp3) is 0.667. The van der Waals surface area contributed by atoms with E-state index in [0.717, 1.165) is 0 Å². The molecule has 0 heterocycles. The third kappa shape index (κ3) is 9.02. The quantitative estimate of drug-likeness (QED) is 0.322. The highest BCUT2D eigenvalue weighted by Crippen LogP contribution is 2.40. The summed E-state index contributed by atoms with van der Waals surface area (Å²) in [6.07, 6.45) is -22.4. The van der Waals surface area contributed by atoms with Crippen LogP contribution in [0.4, 0.5) is 52.7 Å². The molecule has 0 unspecified atom stereocenters. The van der Waals surface area contributed by atoms with Gasteiger partial charge < -0.3 is 4.74 Å². The van der Waals surface area contributed by atoms with Crippen LogP contribution in [0.5, 0.6) is 0 Å². The average Bonchev–Trinajstić information content (AvgIpc) is 2.30. The first-order valence-electron chi connectivity index (χ1n) is 6.15. The van der Waals surface area contributed by atoms with E-state index in [2.05, 4.69) is 4.74 Å². The molecule has 0 aliphatic rings. The number of ether oxygens (including phenoxy) is 1. The van der Waals surface area contributed by atoms with Gasteiger partial charge in [0.05, 0.1) is 13.2 Å². The summed E-state index contributed by atoms with van der Waals surface area (Å²) >= 11 is 0. The molecule has 1 nitrogen and oxygen atoms in total. The summed E-state index contributed by atoms with van der Waals surface area (Å²) < 4.78 is 150. The van der Waals surface area contributed by atoms with Gasteiger partial charge in [0.1, 0.15) is 0 Å². The predicted molar refractivity (Wildman–Crippen MR) is 60.3 cm³/mol. The second-order valence-corrected chi connectivity index (χ2v) is 4.52. The molecule has 0 saturated heterocycles. The van der Waals surface area contributed by atoms with Gasteiger partial charge in [-0.25, -0.2) is 0 Å². The van der Waals surface area contributed by atoms with Gasteiger partial charge in [0.25, 0.3) is 0 Å². The van der Waals surface area contributed by atoms with Crippen LogP contribution >= 0.6 is 0 Å². The van der Waals surface area contributed by atoms with Crippen molar-refractivity contribution in [3.8, 4) is 0 Å². The lowest BCUT2D eigenvalue weighted by Crippen LogP contribution is -2.34. The molecule has 0 N–H and O–H groups in total. The Morgan fingerprint density at radius 1 is 0.520 bits per heavy atom. The Balaban J connectivity index is 4.59. The van der Waals surface area contributed by atoms with E-state index < -0.39 is 49.8 Å². The third-order valence-electron chi connectivity index (χ3n) is 2.50. The van der Waals surface area contributed by atoms with Gasteiger partial charge in [-0.05, 0) is 0 Å². The minimum atomic E-state index is -5.61. The lowest BCUT2D eigenvalue weighted by atomic mass is 10.1. The summed E-state index contributed by atoms with van der Waals surface area (Å²) in [7, 11) is 0. The molecule has 0 aliphatic heterocycles. The van der Waals surface area contributed by atoms with Crippen molar-refractivity contribution in [2.75, 3.05) is 13.2 Å². The highest BCUT2D eigenvalue weighted by atomic mass is 19.4. The van der Waals surface area contributed by atoms with Crippen LogP contribution in [-0.4, -0.2) is 37.9 Å². The van der Waals surface area contributed by atoms with Crippen LogP contribution in [0.2, 0.25) is 0 Å². The fourth-order valence-electron chi connectivity index (χ4n) is 1.39. The van der Waals surface area contributed by atoms with Crippen molar-refractivity contribution < 1.29 is 57.4 Å². The Morgan fingerprint density at radius 3 is 0.960 bits per heavy atom. The Hall–Kier alpha value is -1.40. The van der Waals surface area contributed by atoms with Gasteiger partial charge in [-0.15, -0.1) is 0 Å². The SMILES string of the molecule is FC(F)(F)C(C=CCOCC=CC(C(F)(F)F)C(F)(F)F)C(F)(F)F. The zero-order valence-electron chi connectivity index (χ0n) is 11.8. The van der Waals surface area contributed by atoms with Crippen LogP contribution in [0.1, 0.15) is 0 Å². The highest BCUT2D eigenvalue weighted by molar-refractivity contribution is 4.98. The highest BCUT2D eigenvalue weighted by Gasteiger charge is 2.55. The van der Waals surface area contributed by atoms with Crippen molar-refractivity contribution in [2.45, 2.75) is 24.7 Å². The third-order valence-corrected chi connectivity index (χ3v) is 2.50. The van der Waals surface area contributed by atoms with Gasteiger partial charge in [0.15, 0.2) is 11.8 Å². The molecule has 0 bridgehead atoms. The van der Waals surface area contributed by atoms with Crippen molar-refractivity contribution in [2.24, 2.45) is 11.8 Å². The van der Waals surface area contributed by atoms with Crippen LogP contribution < -0.4 is 0 Å². The summed E-state index contributed by atoms with van der Waals surface area (Å²) in [5, 5.41) is 0. The molecule has 0 rings (SSSR count). The summed E-state index contributed by atoms with van der Waals surface area (Å²) in [6, 6.07) is 0. The van der Waals surface area contributed by atoms with Crippen molar-refractivity contribution >= 4 is 0 Å². The monoisotopic (exact) mass is 398 g/mol. The molecule has 0 aliphatic carbocycles. The molecule has 0 aromatic carbocycles. The van der Waals surface area contributed by atoms with Gasteiger partial charge in [-0.2, -0.15) is 52.7 Å². The van der Waals surface area contributed by atoms with Crippen molar-refractivity contribution in [1.29, 1.82) is 0 Å². The first-order valence-corrected chi connectivity index (χ1v) is 6.15. The molecule has 25 heavy (non-hydrogen) atoms. The Bertz CT molecular complexity index is 381. The Kier molecular flexibility index (Phi) is 7.85. The number of alkyl halides is 12. The zero-order chi connectivity index (χ0) is 20.1. The van der Waals surface area contributed by atoms with Crippen LogP contribution in [0.25, 0.3) is 0 Å². The summed E-state index contributed by atoms with van der Waals surface area (Å²) in [5.41, 5.74) is 0. The molecule has 0 amide bonds. The van der Waals surface area contributed by atoms with Gasteiger partial charge in [-0.1, -0.05) is 24.3 Å². The Morgan fingerprint density at radius 2 is 0.760 bits per heavy atom. The van der Waals surface area contributed by atoms with E-state index >= 15 is 0 Å². The van der Waals surface area contributed by atoms with Gasteiger partial charge in [0, 0.05) is 0 Å². The van der Waals surface area contributed by atoms with E-state index in [0.29, 0.717) is 12.2 Å². The topological polar surface area (TPSA) is 9.23 Å². The standard InChI is InChI=1S/C12H10F12O/c13-9(14,15)7(10(16,17)18)3-1-5-25-6-2-4-8(11(19,20)21)12(22,23)24/h1-4,7-8H,5-6H2. The first-order chi connectivity index (χ1) is 11.0. The second-order valence-electron chi connectivity index (χ2n) is 4.52. The molecule has 13 heteroatoms. The van der Waals surface area contributed by atoms with Crippen LogP contribution in [0, 0.1) is 11.8 Å². The molecular weight excluding hydrogens is 388 g/mol. The first kappa shape index (κ1) is 23.6. The number of hydrogen-bond acceptors (Lipinski definition) is 1. The van der Waals surface area contributed by atoms with Crippen molar-refractivity contribution in [1.82, 2.24) is 0 Å². The summed E-state index contributed by atoms with van der Waals surface area (Å²) in [6.45, 7) is -1.76. The van der Waals surface area contributed by atoms with Gasteiger partial charge >= 0.3 is 24.7 Å². The van der Waals surface area contributed by atoms with Crippen molar-refractivity contribution in [3.05, 3.63) is 24.3 Å². The maximum atomic E-state index is 12.1. The lowest BCUT2D eigenvalue weighted by Gasteiger charge is -2.19. The number of rotatable bonds is 6. The van der Waals surface area contributed by atoms with Gasteiger partial charge in [0.2, 0.25) is 0 Å². The molecule has 0 aromatic heterocycles. The summed E-state index contributed by atoms with van der Waals surface area (Å²) in [5.74, 6) is -7.53. The molecule has 148 valence electrons. The molecule has 0 aromatic rings. The van der Waals surface area contributed by atoms with Gasteiger partial charge in [-0.3, -0.25) is 0 Å². The van der Waals surface area contributed by atoms with Crippen LogP contribution in [0.3, 0.4) is 0 Å². The molecule has 0 radical (unpaired) electrons. The van der Waals surface area contributed by atoms with Crippen molar-refractivity contribution in [3.63, 3.8) is 0 Å². The smallest absolute Gasteiger partial charge is 0.373 e. The number of allylic oxidation sites excluding steroid dienone is 2. The minimum Gasteiger partial charge on any atom is -0.373 e. The van der Waals surface area contributed by atoms with E-state index in [-0.39, 0.29) is 12.2 Å². The maximum absolute atomic E-state index is 12.1. The second kappa shape index (κ2) is 8.32.